The van der Waals surface area contributed by atoms with Crippen molar-refractivity contribution >= 4 is 33.1 Å². The van der Waals surface area contributed by atoms with Gasteiger partial charge in [-0.1, -0.05) is 34.1 Å². The van der Waals surface area contributed by atoms with Gasteiger partial charge in [-0.05, 0) is 11.6 Å². The number of fused-ring (bicyclic) bond motifs is 1. The molecule has 0 saturated heterocycles. The highest BCUT2D eigenvalue weighted by Gasteiger charge is 2.18. The number of benzene rings is 1. The summed E-state index contributed by atoms with van der Waals surface area (Å²) < 4.78 is 0. The van der Waals surface area contributed by atoms with E-state index in [1.165, 1.54) is 0 Å². The molecule has 0 atom stereocenters. The lowest BCUT2D eigenvalue weighted by molar-refractivity contribution is -0.112. The van der Waals surface area contributed by atoms with Crippen molar-refractivity contribution in [2.24, 2.45) is 4.99 Å². The fourth-order valence-corrected chi connectivity index (χ4v) is 1.89. The van der Waals surface area contributed by atoms with Gasteiger partial charge in [0.2, 0.25) is 0 Å². The SMILES string of the molecule is O=C(CCBr)C1=Nc2ccccc2C1. The third kappa shape index (κ3) is 1.77. The molecule has 2 nitrogen and oxygen atoms in total. The van der Waals surface area contributed by atoms with Gasteiger partial charge in [0.05, 0.1) is 11.4 Å². The summed E-state index contributed by atoms with van der Waals surface area (Å²) in [6, 6.07) is 7.89. The molecule has 0 N–H and O–H groups in total. The van der Waals surface area contributed by atoms with Gasteiger partial charge in [-0.15, -0.1) is 0 Å². The predicted octanol–water partition coefficient (Wildman–Crippen LogP) is 2.67. The summed E-state index contributed by atoms with van der Waals surface area (Å²) in [6.45, 7) is 0. The van der Waals surface area contributed by atoms with Crippen LogP contribution in [-0.4, -0.2) is 16.8 Å². The van der Waals surface area contributed by atoms with E-state index in [2.05, 4.69) is 20.9 Å². The first kappa shape index (κ1) is 9.59. The van der Waals surface area contributed by atoms with Gasteiger partial charge in [0.15, 0.2) is 5.78 Å². The number of nitrogens with zero attached hydrogens (tertiary/aromatic N) is 1. The minimum atomic E-state index is 0.151. The van der Waals surface area contributed by atoms with E-state index < -0.39 is 0 Å². The Morgan fingerprint density at radius 3 is 2.93 bits per heavy atom. The summed E-state index contributed by atoms with van der Waals surface area (Å²) in [5.41, 5.74) is 2.81. The first-order valence-electron chi connectivity index (χ1n) is 4.56. The Bertz CT molecular complexity index is 398. The molecule has 72 valence electrons. The molecule has 1 heterocycles. The van der Waals surface area contributed by atoms with Gasteiger partial charge in [0.1, 0.15) is 0 Å². The Labute approximate surface area is 91.2 Å². The van der Waals surface area contributed by atoms with Gasteiger partial charge in [0.25, 0.3) is 0 Å². The van der Waals surface area contributed by atoms with E-state index in [1.807, 2.05) is 24.3 Å². The molecule has 0 unspecified atom stereocenters. The zero-order valence-corrected chi connectivity index (χ0v) is 9.25. The van der Waals surface area contributed by atoms with Crippen molar-refractivity contribution in [3.8, 4) is 0 Å². The molecule has 0 fully saturated rings. The summed E-state index contributed by atoms with van der Waals surface area (Å²) in [5.74, 6) is 0.151. The lowest BCUT2D eigenvalue weighted by atomic mass is 10.1. The van der Waals surface area contributed by atoms with Crippen LogP contribution in [0, 0.1) is 0 Å². The number of aliphatic imine (C=N–C) groups is 1. The molecule has 1 aromatic carbocycles. The Kier molecular flexibility index (Phi) is 2.77. The number of hydrogen-bond donors (Lipinski definition) is 0. The number of halogens is 1. The molecule has 0 amide bonds. The van der Waals surface area contributed by atoms with Crippen molar-refractivity contribution in [3.05, 3.63) is 29.8 Å². The molecule has 14 heavy (non-hydrogen) atoms. The molecule has 0 saturated carbocycles. The zero-order chi connectivity index (χ0) is 9.97. The fourth-order valence-electron chi connectivity index (χ4n) is 1.53. The average Bonchev–Trinajstić information content (AvgIpc) is 2.61. The van der Waals surface area contributed by atoms with Crippen LogP contribution >= 0.6 is 15.9 Å². The monoisotopic (exact) mass is 251 g/mol. The van der Waals surface area contributed by atoms with E-state index in [0.717, 1.165) is 11.3 Å². The van der Waals surface area contributed by atoms with Crippen LogP contribution in [-0.2, 0) is 11.2 Å². The number of rotatable bonds is 3. The van der Waals surface area contributed by atoms with Crippen molar-refractivity contribution in [2.75, 3.05) is 5.33 Å². The topological polar surface area (TPSA) is 29.4 Å². The molecule has 3 heteroatoms. The van der Waals surface area contributed by atoms with Crippen molar-refractivity contribution in [1.29, 1.82) is 0 Å². The second kappa shape index (κ2) is 4.05. The summed E-state index contributed by atoms with van der Waals surface area (Å²) in [6.07, 6.45) is 1.23. The standard InChI is InChI=1S/C11H10BrNO/c12-6-5-11(14)10-7-8-3-1-2-4-9(8)13-10/h1-4H,5-7H2. The van der Waals surface area contributed by atoms with Crippen molar-refractivity contribution < 1.29 is 4.79 Å². The highest BCUT2D eigenvalue weighted by atomic mass is 79.9. The minimum Gasteiger partial charge on any atom is -0.293 e. The Balaban J connectivity index is 2.19. The number of carbonyl (C=O) groups is 1. The average molecular weight is 252 g/mol. The third-order valence-electron chi connectivity index (χ3n) is 2.25. The van der Waals surface area contributed by atoms with Crippen LogP contribution in [0.1, 0.15) is 12.0 Å². The van der Waals surface area contributed by atoms with E-state index in [9.17, 15) is 4.79 Å². The molecule has 1 aromatic rings. The van der Waals surface area contributed by atoms with Gasteiger partial charge in [-0.2, -0.15) is 0 Å². The van der Waals surface area contributed by atoms with Gasteiger partial charge in [0, 0.05) is 18.2 Å². The highest BCUT2D eigenvalue weighted by molar-refractivity contribution is 9.09. The maximum atomic E-state index is 11.6. The summed E-state index contributed by atoms with van der Waals surface area (Å²) in [5, 5.41) is 0.710. The second-order valence-corrected chi connectivity index (χ2v) is 4.02. The molecular weight excluding hydrogens is 242 g/mol. The lowest BCUT2D eigenvalue weighted by Gasteiger charge is -1.95. The predicted molar refractivity (Wildman–Crippen MR) is 60.7 cm³/mol. The van der Waals surface area contributed by atoms with Crippen LogP contribution in [0.4, 0.5) is 5.69 Å². The largest absolute Gasteiger partial charge is 0.293 e. The summed E-state index contributed by atoms with van der Waals surface area (Å²) in [7, 11) is 0. The highest BCUT2D eigenvalue weighted by Crippen LogP contribution is 2.26. The summed E-state index contributed by atoms with van der Waals surface area (Å²) >= 11 is 3.26. The van der Waals surface area contributed by atoms with Crippen molar-refractivity contribution in [2.45, 2.75) is 12.8 Å². The Morgan fingerprint density at radius 2 is 2.21 bits per heavy atom. The van der Waals surface area contributed by atoms with Crippen LogP contribution < -0.4 is 0 Å². The molecule has 1 aliphatic rings. The van der Waals surface area contributed by atoms with Crippen LogP contribution in [0.3, 0.4) is 0 Å². The number of hydrogen-bond acceptors (Lipinski definition) is 2. The molecule has 0 spiro atoms. The van der Waals surface area contributed by atoms with Crippen molar-refractivity contribution in [3.63, 3.8) is 0 Å². The number of para-hydroxylation sites is 1. The maximum absolute atomic E-state index is 11.6. The molecule has 0 bridgehead atoms. The molecule has 0 aliphatic carbocycles. The van der Waals surface area contributed by atoms with Crippen molar-refractivity contribution in [1.82, 2.24) is 0 Å². The van der Waals surface area contributed by atoms with E-state index in [-0.39, 0.29) is 5.78 Å². The van der Waals surface area contributed by atoms with Crippen LogP contribution in [0.15, 0.2) is 29.3 Å². The summed E-state index contributed by atoms with van der Waals surface area (Å²) in [4.78, 5) is 15.9. The van der Waals surface area contributed by atoms with Gasteiger partial charge >= 0.3 is 0 Å². The molecule has 2 rings (SSSR count). The first-order valence-corrected chi connectivity index (χ1v) is 5.68. The smallest absolute Gasteiger partial charge is 0.178 e. The normalized spacial score (nSPS) is 13.6. The number of carbonyl (C=O) groups excluding carboxylic acids is 1. The lowest BCUT2D eigenvalue weighted by Crippen LogP contribution is -2.13. The number of ketones is 1. The molecule has 0 radical (unpaired) electrons. The zero-order valence-electron chi connectivity index (χ0n) is 7.66. The molecule has 1 aliphatic heterocycles. The van der Waals surface area contributed by atoms with Gasteiger partial charge in [-0.25, -0.2) is 4.99 Å². The second-order valence-electron chi connectivity index (χ2n) is 3.23. The van der Waals surface area contributed by atoms with Crippen LogP contribution in [0.5, 0.6) is 0 Å². The third-order valence-corrected chi connectivity index (χ3v) is 2.64. The van der Waals surface area contributed by atoms with E-state index in [1.54, 1.807) is 0 Å². The quantitative estimate of drug-likeness (QED) is 0.760. The van der Waals surface area contributed by atoms with Gasteiger partial charge in [-0.3, -0.25) is 4.79 Å². The maximum Gasteiger partial charge on any atom is 0.178 e. The van der Waals surface area contributed by atoms with E-state index in [4.69, 9.17) is 0 Å². The Morgan fingerprint density at radius 1 is 1.43 bits per heavy atom. The van der Waals surface area contributed by atoms with Gasteiger partial charge < -0.3 is 0 Å². The number of alkyl halides is 1. The Hall–Kier alpha value is -0.960. The molecule has 0 aromatic heterocycles. The van der Waals surface area contributed by atoms with Crippen LogP contribution in [0.25, 0.3) is 0 Å². The minimum absolute atomic E-state index is 0.151. The number of Topliss-reactive ketones (excluding diaryl/α,β-unsaturated/α-hetero) is 1. The van der Waals surface area contributed by atoms with E-state index in [0.29, 0.717) is 23.9 Å². The van der Waals surface area contributed by atoms with Crippen LogP contribution in [0.2, 0.25) is 0 Å². The van der Waals surface area contributed by atoms with E-state index >= 15 is 0 Å². The molecular formula is C11H10BrNO. The fraction of sp³-hybridized carbons (Fsp3) is 0.273. The first-order chi connectivity index (χ1) is 6.81.